The molecule has 1 aromatic carbocycles. The number of carbonyl (C=O) groups excluding carboxylic acids is 1. The molecule has 7 heteroatoms. The van der Waals surface area contributed by atoms with Crippen molar-refractivity contribution in [1.29, 1.82) is 0 Å². The van der Waals surface area contributed by atoms with E-state index < -0.39 is 0 Å². The molecule has 0 saturated carbocycles. The van der Waals surface area contributed by atoms with Crippen molar-refractivity contribution in [2.75, 3.05) is 50.8 Å². The van der Waals surface area contributed by atoms with Crippen molar-refractivity contribution in [1.82, 2.24) is 14.8 Å². The summed E-state index contributed by atoms with van der Waals surface area (Å²) in [4.78, 5) is 23.8. The summed E-state index contributed by atoms with van der Waals surface area (Å²) >= 11 is 6.06. The van der Waals surface area contributed by atoms with Crippen LogP contribution in [-0.2, 0) is 13.0 Å². The minimum absolute atomic E-state index is 0.00878. The zero-order valence-corrected chi connectivity index (χ0v) is 16.6. The number of carbonyl (C=O) groups is 1. The molecule has 1 amide bonds. The second-order valence-corrected chi connectivity index (χ2v) is 7.84. The number of aromatic nitrogens is 1. The fourth-order valence-corrected chi connectivity index (χ4v) is 4.18. The van der Waals surface area contributed by atoms with Crippen molar-refractivity contribution < 1.29 is 9.90 Å². The topological polar surface area (TPSA) is 59.9 Å². The SMILES string of the molecule is O=C1c2ccc(Cl)cc2CCN1c1cncc(CN2CCN(CCO)CC2)c1. The molecule has 148 valence electrons. The van der Waals surface area contributed by atoms with Crippen molar-refractivity contribution in [2.24, 2.45) is 0 Å². The number of halogens is 1. The molecule has 2 aliphatic heterocycles. The lowest BCUT2D eigenvalue weighted by Gasteiger charge is -2.34. The number of rotatable bonds is 5. The van der Waals surface area contributed by atoms with Gasteiger partial charge in [-0.05, 0) is 41.8 Å². The normalized spacial score (nSPS) is 18.4. The van der Waals surface area contributed by atoms with Gasteiger partial charge in [-0.15, -0.1) is 0 Å². The van der Waals surface area contributed by atoms with Gasteiger partial charge in [0.05, 0.1) is 18.5 Å². The molecular formula is C21H25ClN4O2. The Hall–Kier alpha value is -1.99. The highest BCUT2D eigenvalue weighted by Crippen LogP contribution is 2.27. The summed E-state index contributed by atoms with van der Waals surface area (Å²) in [6, 6.07) is 7.55. The Morgan fingerprint density at radius 2 is 1.82 bits per heavy atom. The van der Waals surface area contributed by atoms with Gasteiger partial charge in [-0.1, -0.05) is 11.6 Å². The second kappa shape index (κ2) is 8.57. The number of hydrogen-bond acceptors (Lipinski definition) is 5. The predicted octanol–water partition coefficient (Wildman–Crippen LogP) is 2.05. The maximum absolute atomic E-state index is 12.9. The molecule has 28 heavy (non-hydrogen) atoms. The highest BCUT2D eigenvalue weighted by Gasteiger charge is 2.26. The van der Waals surface area contributed by atoms with Gasteiger partial charge in [0.2, 0.25) is 0 Å². The molecule has 0 atom stereocenters. The van der Waals surface area contributed by atoms with E-state index in [1.165, 1.54) is 0 Å². The highest BCUT2D eigenvalue weighted by atomic mass is 35.5. The third-order valence-electron chi connectivity index (χ3n) is 5.53. The van der Waals surface area contributed by atoms with Crippen LogP contribution in [0.3, 0.4) is 0 Å². The third kappa shape index (κ3) is 4.20. The molecule has 0 aliphatic carbocycles. The van der Waals surface area contributed by atoms with Gasteiger partial charge in [-0.25, -0.2) is 0 Å². The number of amides is 1. The molecule has 4 rings (SSSR count). The van der Waals surface area contributed by atoms with E-state index in [9.17, 15) is 4.79 Å². The smallest absolute Gasteiger partial charge is 0.258 e. The average molecular weight is 401 g/mol. The van der Waals surface area contributed by atoms with Crippen LogP contribution in [0, 0.1) is 0 Å². The molecule has 2 aliphatic rings. The quantitative estimate of drug-likeness (QED) is 0.832. The van der Waals surface area contributed by atoms with Crippen molar-refractivity contribution in [3.05, 3.63) is 58.4 Å². The number of benzene rings is 1. The molecule has 0 bridgehead atoms. The summed E-state index contributed by atoms with van der Waals surface area (Å²) in [5.74, 6) is 0.00878. The molecule has 0 radical (unpaired) electrons. The van der Waals surface area contributed by atoms with Crippen molar-refractivity contribution >= 4 is 23.2 Å². The fourth-order valence-electron chi connectivity index (χ4n) is 3.98. The number of aliphatic hydroxyl groups excluding tert-OH is 1. The van der Waals surface area contributed by atoms with Crippen molar-refractivity contribution in [2.45, 2.75) is 13.0 Å². The Kier molecular flexibility index (Phi) is 5.92. The van der Waals surface area contributed by atoms with E-state index in [-0.39, 0.29) is 12.5 Å². The second-order valence-electron chi connectivity index (χ2n) is 7.40. The Balaban J connectivity index is 1.44. The van der Waals surface area contributed by atoms with Gasteiger partial charge in [0.1, 0.15) is 0 Å². The molecular weight excluding hydrogens is 376 g/mol. The van der Waals surface area contributed by atoms with E-state index in [0.29, 0.717) is 11.6 Å². The molecule has 3 heterocycles. The summed E-state index contributed by atoms with van der Waals surface area (Å²) < 4.78 is 0. The number of β-amino-alcohol motifs (C(OH)–C–C–N with tert-alkyl or cyclic N) is 1. The van der Waals surface area contributed by atoms with Crippen LogP contribution in [0.25, 0.3) is 0 Å². The van der Waals surface area contributed by atoms with Crippen LogP contribution in [-0.4, -0.2) is 71.7 Å². The van der Waals surface area contributed by atoms with Crippen LogP contribution in [0.1, 0.15) is 21.5 Å². The number of anilines is 1. The van der Waals surface area contributed by atoms with Gasteiger partial charge >= 0.3 is 0 Å². The fraction of sp³-hybridized carbons (Fsp3) is 0.429. The first-order valence-corrected chi connectivity index (χ1v) is 10.1. The average Bonchev–Trinajstić information content (AvgIpc) is 2.70. The van der Waals surface area contributed by atoms with Crippen LogP contribution in [0.4, 0.5) is 5.69 Å². The van der Waals surface area contributed by atoms with E-state index in [1.807, 2.05) is 23.2 Å². The Morgan fingerprint density at radius 1 is 1.04 bits per heavy atom. The van der Waals surface area contributed by atoms with Gasteiger partial charge in [-0.3, -0.25) is 19.6 Å². The van der Waals surface area contributed by atoms with E-state index >= 15 is 0 Å². The Bertz CT molecular complexity index is 852. The molecule has 0 unspecified atom stereocenters. The number of fused-ring (bicyclic) bond motifs is 1. The van der Waals surface area contributed by atoms with E-state index in [2.05, 4.69) is 20.9 Å². The number of pyridine rings is 1. The van der Waals surface area contributed by atoms with Crippen LogP contribution in [0.5, 0.6) is 0 Å². The van der Waals surface area contributed by atoms with Gasteiger partial charge in [-0.2, -0.15) is 0 Å². The lowest BCUT2D eigenvalue weighted by Crippen LogP contribution is -2.46. The summed E-state index contributed by atoms with van der Waals surface area (Å²) in [5.41, 5.74) is 3.70. The van der Waals surface area contributed by atoms with Crippen molar-refractivity contribution in [3.63, 3.8) is 0 Å². The van der Waals surface area contributed by atoms with E-state index in [1.54, 1.807) is 12.3 Å². The number of piperazine rings is 1. The van der Waals surface area contributed by atoms with Gasteiger partial charge in [0.25, 0.3) is 5.91 Å². The lowest BCUT2D eigenvalue weighted by molar-refractivity contribution is 0.0980. The Morgan fingerprint density at radius 3 is 2.61 bits per heavy atom. The molecule has 1 fully saturated rings. The minimum atomic E-state index is 0.00878. The molecule has 1 saturated heterocycles. The van der Waals surface area contributed by atoms with Gasteiger partial charge < -0.3 is 10.0 Å². The number of nitrogens with zero attached hydrogens (tertiary/aromatic N) is 4. The number of aliphatic hydroxyl groups is 1. The minimum Gasteiger partial charge on any atom is -0.395 e. The zero-order chi connectivity index (χ0) is 19.5. The molecule has 0 spiro atoms. The summed E-state index contributed by atoms with van der Waals surface area (Å²) in [6.07, 6.45) is 4.44. The number of hydrogen-bond donors (Lipinski definition) is 1. The first kappa shape index (κ1) is 19.3. The summed E-state index contributed by atoms with van der Waals surface area (Å²) in [6.45, 7) is 6.30. The monoisotopic (exact) mass is 400 g/mol. The lowest BCUT2D eigenvalue weighted by atomic mass is 9.98. The first-order chi connectivity index (χ1) is 13.6. The van der Waals surface area contributed by atoms with E-state index in [4.69, 9.17) is 16.7 Å². The Labute approximate surface area is 170 Å². The van der Waals surface area contributed by atoms with Crippen LogP contribution in [0.2, 0.25) is 5.02 Å². The van der Waals surface area contributed by atoms with Gasteiger partial charge in [0.15, 0.2) is 0 Å². The first-order valence-electron chi connectivity index (χ1n) is 9.74. The van der Waals surface area contributed by atoms with Crippen LogP contribution in [0.15, 0.2) is 36.7 Å². The largest absolute Gasteiger partial charge is 0.395 e. The zero-order valence-electron chi connectivity index (χ0n) is 15.9. The molecule has 1 aromatic heterocycles. The standard InChI is InChI=1S/C21H25ClN4O2/c22-18-1-2-20-17(12-18)3-4-26(21(20)28)19-11-16(13-23-14-19)15-25-7-5-24(6-8-25)9-10-27/h1-2,11-14,27H,3-10,15H2. The van der Waals surface area contributed by atoms with E-state index in [0.717, 1.165) is 68.1 Å². The third-order valence-corrected chi connectivity index (χ3v) is 5.76. The van der Waals surface area contributed by atoms with Crippen LogP contribution >= 0.6 is 11.6 Å². The maximum Gasteiger partial charge on any atom is 0.258 e. The molecule has 2 aromatic rings. The van der Waals surface area contributed by atoms with Crippen molar-refractivity contribution in [3.8, 4) is 0 Å². The van der Waals surface area contributed by atoms with Gasteiger partial charge in [0, 0.05) is 62.6 Å². The molecule has 1 N–H and O–H groups in total. The summed E-state index contributed by atoms with van der Waals surface area (Å²) in [7, 11) is 0. The predicted molar refractivity (Wildman–Crippen MR) is 110 cm³/mol. The maximum atomic E-state index is 12.9. The summed E-state index contributed by atoms with van der Waals surface area (Å²) in [5, 5.41) is 9.74. The highest BCUT2D eigenvalue weighted by molar-refractivity contribution is 6.30. The van der Waals surface area contributed by atoms with Crippen LogP contribution < -0.4 is 4.90 Å². The molecule has 6 nitrogen and oxygen atoms in total.